The van der Waals surface area contributed by atoms with E-state index >= 15 is 0 Å². The summed E-state index contributed by atoms with van der Waals surface area (Å²) in [5.74, 6) is 2.33. The maximum atomic E-state index is 8.86. The van der Waals surface area contributed by atoms with Crippen LogP contribution in [0.3, 0.4) is 0 Å². The monoisotopic (exact) mass is 214 g/mol. The third-order valence-electron chi connectivity index (χ3n) is 1.88. The summed E-state index contributed by atoms with van der Waals surface area (Å²) in [7, 11) is 0. The Bertz CT molecular complexity index is 163. The maximum absolute atomic E-state index is 8.86. The Hall–Kier alpha value is -0.200. The van der Waals surface area contributed by atoms with E-state index in [0.29, 0.717) is 6.04 Å². The molecule has 1 N–H and O–H groups in total. The topological polar surface area (TPSA) is 35.8 Å². The van der Waals surface area contributed by atoms with E-state index in [4.69, 9.17) is 5.26 Å². The van der Waals surface area contributed by atoms with E-state index in [1.807, 2.05) is 11.8 Å². The summed E-state index contributed by atoms with van der Waals surface area (Å²) in [5, 5.41) is 12.1. The van der Waals surface area contributed by atoms with Crippen LogP contribution < -0.4 is 5.32 Å². The van der Waals surface area contributed by atoms with Gasteiger partial charge in [0.05, 0.1) is 12.1 Å². The van der Waals surface area contributed by atoms with Crippen LogP contribution in [0.5, 0.6) is 0 Å². The zero-order valence-corrected chi connectivity index (χ0v) is 10.4. The molecule has 0 bridgehead atoms. The fourth-order valence-electron chi connectivity index (χ4n) is 1.14. The van der Waals surface area contributed by atoms with Crippen LogP contribution in [-0.4, -0.2) is 23.6 Å². The summed E-state index contributed by atoms with van der Waals surface area (Å²) in [6, 6.07) is 2.73. The van der Waals surface area contributed by atoms with Crippen LogP contribution in [0.15, 0.2) is 0 Å². The number of nitrogens with one attached hydrogen (secondary N) is 1. The molecule has 1 unspecified atom stereocenters. The van der Waals surface area contributed by atoms with Crippen molar-refractivity contribution in [2.24, 2.45) is 0 Å². The van der Waals surface area contributed by atoms with Gasteiger partial charge in [-0.3, -0.25) is 5.32 Å². The first-order valence-electron chi connectivity index (χ1n) is 5.44. The first-order chi connectivity index (χ1) is 6.70. The number of hydrogen-bond acceptors (Lipinski definition) is 3. The lowest BCUT2D eigenvalue weighted by molar-refractivity contribution is 0.522. The Morgan fingerprint density at radius 1 is 1.36 bits per heavy atom. The largest absolute Gasteiger partial charge is 0.300 e. The van der Waals surface area contributed by atoms with Gasteiger partial charge in [0.2, 0.25) is 0 Å². The summed E-state index contributed by atoms with van der Waals surface area (Å²) < 4.78 is 0. The van der Waals surface area contributed by atoms with Crippen molar-refractivity contribution in [2.45, 2.75) is 52.1 Å². The van der Waals surface area contributed by atoms with Crippen LogP contribution in [0.4, 0.5) is 0 Å². The summed E-state index contributed by atoms with van der Waals surface area (Å²) in [4.78, 5) is 0. The minimum atomic E-state index is 0.0316. The Kier molecular flexibility index (Phi) is 9.23. The second kappa shape index (κ2) is 9.36. The number of nitrogens with zero attached hydrogens (tertiary/aromatic N) is 1. The average molecular weight is 214 g/mol. The number of thioether (sulfide) groups is 1. The third kappa shape index (κ3) is 8.40. The Balaban J connectivity index is 3.40. The summed E-state index contributed by atoms with van der Waals surface area (Å²) >= 11 is 1.96. The van der Waals surface area contributed by atoms with Crippen molar-refractivity contribution in [2.75, 3.05) is 11.5 Å². The molecule has 0 aliphatic rings. The van der Waals surface area contributed by atoms with Gasteiger partial charge in [0, 0.05) is 6.04 Å². The lowest BCUT2D eigenvalue weighted by Gasteiger charge is -2.13. The highest BCUT2D eigenvalue weighted by Crippen LogP contribution is 2.07. The first kappa shape index (κ1) is 13.8. The van der Waals surface area contributed by atoms with E-state index in [0.717, 1.165) is 12.2 Å². The van der Waals surface area contributed by atoms with Crippen LogP contribution in [0, 0.1) is 11.3 Å². The van der Waals surface area contributed by atoms with Gasteiger partial charge >= 0.3 is 0 Å². The van der Waals surface area contributed by atoms with Crippen molar-refractivity contribution < 1.29 is 0 Å². The van der Waals surface area contributed by atoms with Crippen molar-refractivity contribution in [3.05, 3.63) is 0 Å². The van der Waals surface area contributed by atoms with E-state index < -0.39 is 0 Å². The molecule has 1 atom stereocenters. The summed E-state index contributed by atoms with van der Waals surface area (Å²) in [6.07, 6.45) is 3.52. The van der Waals surface area contributed by atoms with E-state index in [9.17, 15) is 0 Å². The van der Waals surface area contributed by atoms with Crippen LogP contribution in [0.1, 0.15) is 40.0 Å². The molecule has 0 aromatic rings. The minimum absolute atomic E-state index is 0.0316. The third-order valence-corrected chi connectivity index (χ3v) is 2.99. The normalized spacial score (nSPS) is 12.8. The molecule has 14 heavy (non-hydrogen) atoms. The van der Waals surface area contributed by atoms with Gasteiger partial charge in [0.15, 0.2) is 0 Å². The highest BCUT2D eigenvalue weighted by atomic mass is 32.2. The van der Waals surface area contributed by atoms with Gasteiger partial charge in [-0.1, -0.05) is 13.3 Å². The number of nitriles is 1. The van der Waals surface area contributed by atoms with Gasteiger partial charge in [0.25, 0.3) is 0 Å². The molecule has 0 aromatic heterocycles. The molecular weight excluding hydrogens is 192 g/mol. The lowest BCUT2D eigenvalue weighted by atomic mass is 10.2. The van der Waals surface area contributed by atoms with Crippen molar-refractivity contribution in [3.63, 3.8) is 0 Å². The molecule has 0 radical (unpaired) electrons. The molecule has 0 saturated heterocycles. The highest BCUT2D eigenvalue weighted by Gasteiger charge is 2.07. The fourth-order valence-corrected chi connectivity index (χ4v) is 2.24. The highest BCUT2D eigenvalue weighted by molar-refractivity contribution is 7.99. The van der Waals surface area contributed by atoms with E-state index in [2.05, 4.69) is 32.2 Å². The van der Waals surface area contributed by atoms with Gasteiger partial charge in [-0.15, -0.1) is 0 Å². The van der Waals surface area contributed by atoms with Gasteiger partial charge in [-0.2, -0.15) is 17.0 Å². The smallest absolute Gasteiger partial charge is 0.0962 e. The van der Waals surface area contributed by atoms with Gasteiger partial charge in [0.1, 0.15) is 0 Å². The molecule has 0 fully saturated rings. The van der Waals surface area contributed by atoms with Crippen LogP contribution in [0.2, 0.25) is 0 Å². The molecule has 0 amide bonds. The molecule has 0 aliphatic heterocycles. The molecule has 0 aromatic carbocycles. The Morgan fingerprint density at radius 2 is 2.07 bits per heavy atom. The van der Waals surface area contributed by atoms with E-state index in [-0.39, 0.29) is 6.04 Å². The van der Waals surface area contributed by atoms with Gasteiger partial charge in [-0.05, 0) is 38.2 Å². The predicted molar refractivity (Wildman–Crippen MR) is 64.5 cm³/mol. The minimum Gasteiger partial charge on any atom is -0.300 e. The molecule has 0 spiro atoms. The first-order valence-corrected chi connectivity index (χ1v) is 6.59. The molecule has 0 saturated carbocycles. The second-order valence-electron chi connectivity index (χ2n) is 3.76. The summed E-state index contributed by atoms with van der Waals surface area (Å²) in [5.41, 5.74) is 0. The Labute approximate surface area is 92.5 Å². The van der Waals surface area contributed by atoms with Crippen molar-refractivity contribution in [3.8, 4) is 6.07 Å². The fraction of sp³-hybridized carbons (Fsp3) is 0.909. The van der Waals surface area contributed by atoms with Crippen molar-refractivity contribution >= 4 is 11.8 Å². The average Bonchev–Trinajstić information content (AvgIpc) is 2.15. The molecule has 2 nitrogen and oxygen atoms in total. The molecule has 3 heteroatoms. The molecular formula is C11H22N2S. The maximum Gasteiger partial charge on any atom is 0.0962 e. The predicted octanol–water partition coefficient (Wildman–Crippen LogP) is 2.80. The summed E-state index contributed by atoms with van der Waals surface area (Å²) in [6.45, 7) is 6.36. The second-order valence-corrected chi connectivity index (χ2v) is 4.98. The van der Waals surface area contributed by atoms with Crippen LogP contribution in [-0.2, 0) is 0 Å². The lowest BCUT2D eigenvalue weighted by Crippen LogP contribution is -2.33. The van der Waals surface area contributed by atoms with E-state index in [1.54, 1.807) is 0 Å². The van der Waals surface area contributed by atoms with Gasteiger partial charge in [-0.25, -0.2) is 0 Å². The van der Waals surface area contributed by atoms with Gasteiger partial charge < -0.3 is 0 Å². The van der Waals surface area contributed by atoms with Crippen LogP contribution in [0.25, 0.3) is 0 Å². The molecule has 0 rings (SSSR count). The zero-order valence-electron chi connectivity index (χ0n) is 9.55. The standard InChI is InChI=1S/C11H22N2S/c1-4-5-7-14-8-6-11(9-12)13-10(2)3/h10-11,13H,4-8H2,1-3H3. The zero-order chi connectivity index (χ0) is 10.8. The SMILES string of the molecule is CCCCSCCC(C#N)NC(C)C. The van der Waals surface area contributed by atoms with E-state index in [1.165, 1.54) is 18.6 Å². The van der Waals surface area contributed by atoms with Crippen molar-refractivity contribution in [1.29, 1.82) is 5.26 Å². The number of unbranched alkanes of at least 4 members (excludes halogenated alkanes) is 1. The Morgan fingerprint density at radius 3 is 2.57 bits per heavy atom. The number of hydrogen-bond donors (Lipinski definition) is 1. The molecule has 0 heterocycles. The van der Waals surface area contributed by atoms with Crippen molar-refractivity contribution in [1.82, 2.24) is 5.32 Å². The number of rotatable bonds is 8. The van der Waals surface area contributed by atoms with Crippen LogP contribution >= 0.6 is 11.8 Å². The molecule has 82 valence electrons. The molecule has 0 aliphatic carbocycles. The quantitative estimate of drug-likeness (QED) is 0.631.